The van der Waals surface area contributed by atoms with Crippen LogP contribution in [0.1, 0.15) is 33.9 Å². The van der Waals surface area contributed by atoms with Crippen molar-refractivity contribution in [3.05, 3.63) is 22.6 Å². The van der Waals surface area contributed by atoms with Crippen molar-refractivity contribution >= 4 is 5.91 Å². The highest BCUT2D eigenvalue weighted by Crippen LogP contribution is 2.20. The maximum atomic E-state index is 12.2. The van der Waals surface area contributed by atoms with Gasteiger partial charge in [0.25, 0.3) is 5.91 Å². The molecule has 1 amide bonds. The average Bonchev–Trinajstić information content (AvgIpc) is 2.53. The van der Waals surface area contributed by atoms with Crippen molar-refractivity contribution in [1.29, 1.82) is 0 Å². The van der Waals surface area contributed by atoms with E-state index >= 15 is 0 Å². The van der Waals surface area contributed by atoms with E-state index in [0.29, 0.717) is 24.4 Å². The summed E-state index contributed by atoms with van der Waals surface area (Å²) < 4.78 is 10.4. The van der Waals surface area contributed by atoms with Gasteiger partial charge in [0.2, 0.25) is 0 Å². The quantitative estimate of drug-likeness (QED) is 0.804. The molecule has 1 heterocycles. The second kappa shape index (κ2) is 6.56. The summed E-state index contributed by atoms with van der Waals surface area (Å²) in [5.74, 6) is 1.18. The van der Waals surface area contributed by atoms with Crippen LogP contribution in [-0.2, 0) is 4.74 Å². The first-order valence-corrected chi connectivity index (χ1v) is 5.98. The lowest BCUT2D eigenvalue weighted by Crippen LogP contribution is -2.39. The van der Waals surface area contributed by atoms with Crippen LogP contribution in [0.2, 0.25) is 0 Å². The van der Waals surface area contributed by atoms with E-state index in [1.54, 1.807) is 14.0 Å². The van der Waals surface area contributed by atoms with Crippen molar-refractivity contribution in [3.63, 3.8) is 0 Å². The first kappa shape index (κ1) is 14.7. The number of amides is 1. The Balaban J connectivity index is 2.80. The van der Waals surface area contributed by atoms with E-state index in [2.05, 4.69) is 5.32 Å². The van der Waals surface area contributed by atoms with Gasteiger partial charge in [0.1, 0.15) is 11.5 Å². The van der Waals surface area contributed by atoms with Crippen LogP contribution in [0.25, 0.3) is 0 Å². The van der Waals surface area contributed by atoms with E-state index in [1.165, 1.54) is 0 Å². The fourth-order valence-electron chi connectivity index (χ4n) is 1.94. The van der Waals surface area contributed by atoms with Crippen LogP contribution >= 0.6 is 0 Å². The molecule has 0 aliphatic carbocycles. The number of hydrogen-bond acceptors (Lipinski definition) is 4. The molecule has 1 aromatic heterocycles. The standard InChI is InChI=1S/C13H21NO4/c1-8-9(2)18-10(3)12(8)13(16)14-11(5-6-15)7-17-4/h11,15H,5-7H2,1-4H3,(H,14,16). The number of hydrogen-bond donors (Lipinski definition) is 2. The second-order valence-electron chi connectivity index (χ2n) is 4.35. The third-order valence-electron chi connectivity index (χ3n) is 2.97. The van der Waals surface area contributed by atoms with Crippen LogP contribution in [-0.4, -0.2) is 37.4 Å². The molecule has 0 aromatic carbocycles. The summed E-state index contributed by atoms with van der Waals surface area (Å²) in [6.45, 7) is 5.85. The minimum atomic E-state index is -0.193. The molecule has 0 saturated heterocycles. The molecule has 1 atom stereocenters. The van der Waals surface area contributed by atoms with Crippen molar-refractivity contribution in [1.82, 2.24) is 5.32 Å². The van der Waals surface area contributed by atoms with Crippen molar-refractivity contribution in [2.24, 2.45) is 0 Å². The normalized spacial score (nSPS) is 12.5. The van der Waals surface area contributed by atoms with Gasteiger partial charge < -0.3 is 19.6 Å². The van der Waals surface area contributed by atoms with E-state index < -0.39 is 0 Å². The summed E-state index contributed by atoms with van der Waals surface area (Å²) in [5.41, 5.74) is 1.43. The molecule has 0 aliphatic heterocycles. The summed E-state index contributed by atoms with van der Waals surface area (Å²) in [5, 5.41) is 11.8. The molecule has 1 unspecified atom stereocenters. The van der Waals surface area contributed by atoms with Gasteiger partial charge in [-0.25, -0.2) is 0 Å². The maximum Gasteiger partial charge on any atom is 0.255 e. The van der Waals surface area contributed by atoms with Crippen LogP contribution in [0, 0.1) is 20.8 Å². The number of aliphatic hydroxyl groups is 1. The molecule has 0 radical (unpaired) electrons. The zero-order valence-electron chi connectivity index (χ0n) is 11.4. The summed E-state index contributed by atoms with van der Waals surface area (Å²) in [7, 11) is 1.56. The predicted molar refractivity (Wildman–Crippen MR) is 67.8 cm³/mol. The third kappa shape index (κ3) is 3.34. The monoisotopic (exact) mass is 255 g/mol. The number of furan rings is 1. The second-order valence-corrected chi connectivity index (χ2v) is 4.35. The Kier molecular flexibility index (Phi) is 5.37. The molecule has 5 heteroatoms. The predicted octanol–water partition coefficient (Wildman–Crippen LogP) is 1.33. The number of aryl methyl sites for hydroxylation is 2. The maximum absolute atomic E-state index is 12.2. The lowest BCUT2D eigenvalue weighted by Gasteiger charge is -2.16. The van der Waals surface area contributed by atoms with Crippen molar-refractivity contribution in [3.8, 4) is 0 Å². The smallest absolute Gasteiger partial charge is 0.255 e. The topological polar surface area (TPSA) is 71.7 Å². The van der Waals surface area contributed by atoms with Gasteiger partial charge in [-0.2, -0.15) is 0 Å². The first-order valence-electron chi connectivity index (χ1n) is 5.98. The van der Waals surface area contributed by atoms with Crippen LogP contribution in [0.15, 0.2) is 4.42 Å². The fraction of sp³-hybridized carbons (Fsp3) is 0.615. The van der Waals surface area contributed by atoms with Gasteiger partial charge in [0, 0.05) is 19.3 Å². The number of nitrogens with one attached hydrogen (secondary N) is 1. The Bertz CT molecular complexity index is 405. The molecule has 18 heavy (non-hydrogen) atoms. The number of aliphatic hydroxyl groups excluding tert-OH is 1. The molecule has 2 N–H and O–H groups in total. The van der Waals surface area contributed by atoms with E-state index in [-0.39, 0.29) is 18.6 Å². The molecular formula is C13H21NO4. The summed E-state index contributed by atoms with van der Waals surface area (Å²) in [6.07, 6.45) is 0.467. The minimum Gasteiger partial charge on any atom is -0.466 e. The molecule has 0 bridgehead atoms. The lowest BCUT2D eigenvalue weighted by atomic mass is 10.1. The van der Waals surface area contributed by atoms with Crippen LogP contribution in [0.3, 0.4) is 0 Å². The van der Waals surface area contributed by atoms with Gasteiger partial charge in [-0.05, 0) is 27.2 Å². The van der Waals surface area contributed by atoms with Gasteiger partial charge in [-0.15, -0.1) is 0 Å². The summed E-state index contributed by atoms with van der Waals surface area (Å²) in [6, 6.07) is -0.193. The van der Waals surface area contributed by atoms with Gasteiger partial charge in [0.05, 0.1) is 18.2 Å². The van der Waals surface area contributed by atoms with Gasteiger partial charge in [-0.1, -0.05) is 0 Å². The number of ether oxygens (including phenoxy) is 1. The zero-order valence-corrected chi connectivity index (χ0v) is 11.4. The Labute approximate surface area is 107 Å². The first-order chi connectivity index (χ1) is 8.51. The van der Waals surface area contributed by atoms with Crippen LogP contribution in [0.4, 0.5) is 0 Å². The molecule has 5 nitrogen and oxygen atoms in total. The van der Waals surface area contributed by atoms with E-state index in [9.17, 15) is 4.79 Å². The van der Waals surface area contributed by atoms with Crippen molar-refractivity contribution in [2.45, 2.75) is 33.2 Å². The minimum absolute atomic E-state index is 0.0106. The molecule has 0 saturated carbocycles. The Morgan fingerprint density at radius 1 is 1.39 bits per heavy atom. The van der Waals surface area contributed by atoms with E-state index in [0.717, 1.165) is 11.3 Å². The summed E-state index contributed by atoms with van der Waals surface area (Å²) in [4.78, 5) is 12.2. The molecule has 0 aliphatic rings. The SMILES string of the molecule is COCC(CCO)NC(=O)c1c(C)oc(C)c1C. The summed E-state index contributed by atoms with van der Waals surface area (Å²) >= 11 is 0. The van der Waals surface area contributed by atoms with Crippen LogP contribution < -0.4 is 5.32 Å². The molecular weight excluding hydrogens is 234 g/mol. The Morgan fingerprint density at radius 2 is 2.06 bits per heavy atom. The number of methoxy groups -OCH3 is 1. The van der Waals surface area contributed by atoms with Gasteiger partial charge in [0.15, 0.2) is 0 Å². The third-order valence-corrected chi connectivity index (χ3v) is 2.97. The lowest BCUT2D eigenvalue weighted by molar-refractivity contribution is 0.0876. The van der Waals surface area contributed by atoms with Crippen LogP contribution in [0.5, 0.6) is 0 Å². The Morgan fingerprint density at radius 3 is 2.50 bits per heavy atom. The number of rotatable bonds is 6. The molecule has 0 fully saturated rings. The van der Waals surface area contributed by atoms with Gasteiger partial charge >= 0.3 is 0 Å². The van der Waals surface area contributed by atoms with E-state index in [4.69, 9.17) is 14.3 Å². The average molecular weight is 255 g/mol. The molecule has 1 rings (SSSR count). The highest BCUT2D eigenvalue weighted by Gasteiger charge is 2.21. The largest absolute Gasteiger partial charge is 0.466 e. The highest BCUT2D eigenvalue weighted by molar-refractivity contribution is 5.97. The molecule has 0 spiro atoms. The van der Waals surface area contributed by atoms with E-state index in [1.807, 2.05) is 13.8 Å². The zero-order chi connectivity index (χ0) is 13.7. The number of carbonyl (C=O) groups is 1. The van der Waals surface area contributed by atoms with Crippen molar-refractivity contribution in [2.75, 3.05) is 20.3 Å². The number of carbonyl (C=O) groups excluding carboxylic acids is 1. The highest BCUT2D eigenvalue weighted by atomic mass is 16.5. The van der Waals surface area contributed by atoms with Crippen molar-refractivity contribution < 1.29 is 19.1 Å². The van der Waals surface area contributed by atoms with Gasteiger partial charge in [-0.3, -0.25) is 4.79 Å². The molecule has 1 aromatic rings. The molecule has 102 valence electrons. The Hall–Kier alpha value is -1.33. The fourth-order valence-corrected chi connectivity index (χ4v) is 1.94.